The normalized spacial score (nSPS) is 17.4. The van der Waals surface area contributed by atoms with Gasteiger partial charge in [-0.2, -0.15) is 0 Å². The van der Waals surface area contributed by atoms with Gasteiger partial charge in [0.1, 0.15) is 0 Å². The number of rotatable bonds is 1. The maximum atomic E-state index is 11.1. The smallest absolute Gasteiger partial charge is 0.230 e. The van der Waals surface area contributed by atoms with E-state index >= 15 is 0 Å². The minimum atomic E-state index is -2.14. The maximum Gasteiger partial charge on any atom is 0.804 e. The number of hydrogen-bond donors (Lipinski definition) is 0. The summed E-state index contributed by atoms with van der Waals surface area (Å²) >= 11 is 5.84. The highest BCUT2D eigenvalue weighted by Crippen LogP contribution is 2.35. The van der Waals surface area contributed by atoms with Crippen LogP contribution in [0, 0.1) is 0 Å². The van der Waals surface area contributed by atoms with Crippen molar-refractivity contribution in [3.63, 3.8) is 0 Å². The zero-order valence-electron chi connectivity index (χ0n) is 7.59. The summed E-state index contributed by atoms with van der Waals surface area (Å²) in [6.07, 6.45) is 4.62. The lowest BCUT2D eigenvalue weighted by atomic mass is 10.2. The van der Waals surface area contributed by atoms with Crippen molar-refractivity contribution in [2.75, 3.05) is 0 Å². The zero-order chi connectivity index (χ0) is 10.7. The van der Waals surface area contributed by atoms with Gasteiger partial charge >= 0.3 is 8.25 Å². The van der Waals surface area contributed by atoms with Crippen LogP contribution in [0.5, 0.6) is 0 Å². The molecule has 0 aliphatic carbocycles. The van der Waals surface area contributed by atoms with Gasteiger partial charge in [0.05, 0.1) is 0 Å². The van der Waals surface area contributed by atoms with Crippen LogP contribution in [0.25, 0.3) is 5.76 Å². The van der Waals surface area contributed by atoms with Crippen LogP contribution < -0.4 is 0 Å². The Morgan fingerprint density at radius 1 is 1.33 bits per heavy atom. The van der Waals surface area contributed by atoms with E-state index < -0.39 is 8.25 Å². The standard InChI is InChI=1S/C10H7ClO3P/c11-9-4-1-3-8(7-9)10-5-2-6-13-15(12)14-10/h1-7H/q+1. The van der Waals surface area contributed by atoms with Crippen molar-refractivity contribution in [3.05, 3.63) is 53.3 Å². The highest BCUT2D eigenvalue weighted by molar-refractivity contribution is 7.33. The molecule has 1 unspecified atom stereocenters. The summed E-state index contributed by atoms with van der Waals surface area (Å²) in [4.78, 5) is 0. The highest BCUT2D eigenvalue weighted by Gasteiger charge is 2.25. The third-order valence-corrected chi connectivity index (χ3v) is 2.63. The van der Waals surface area contributed by atoms with Gasteiger partial charge in [-0.25, -0.2) is 9.05 Å². The van der Waals surface area contributed by atoms with E-state index in [1.165, 1.54) is 6.26 Å². The summed E-state index contributed by atoms with van der Waals surface area (Å²) in [5.41, 5.74) is 0.765. The molecular weight excluding hydrogens is 235 g/mol. The lowest BCUT2D eigenvalue weighted by Crippen LogP contribution is -1.84. The maximum absolute atomic E-state index is 11.1. The molecular formula is C10H7ClO3P+. The summed E-state index contributed by atoms with van der Waals surface area (Å²) < 4.78 is 20.9. The predicted molar refractivity (Wildman–Crippen MR) is 58.3 cm³/mol. The van der Waals surface area contributed by atoms with Gasteiger partial charge in [0.15, 0.2) is 12.0 Å². The molecule has 1 aliphatic rings. The molecule has 1 atom stereocenters. The molecule has 3 nitrogen and oxygen atoms in total. The monoisotopic (exact) mass is 241 g/mol. The van der Waals surface area contributed by atoms with E-state index in [0.717, 1.165) is 5.56 Å². The van der Waals surface area contributed by atoms with Crippen molar-refractivity contribution in [2.45, 2.75) is 0 Å². The Morgan fingerprint density at radius 3 is 3.00 bits per heavy atom. The van der Waals surface area contributed by atoms with Crippen molar-refractivity contribution < 1.29 is 13.6 Å². The van der Waals surface area contributed by atoms with Crippen LogP contribution in [0.3, 0.4) is 0 Å². The molecule has 2 rings (SSSR count). The minimum absolute atomic E-state index is 0.479. The Kier molecular flexibility index (Phi) is 3.05. The second-order valence-corrected chi connectivity index (χ2v) is 4.07. The molecule has 5 heteroatoms. The predicted octanol–water partition coefficient (Wildman–Crippen LogP) is 3.90. The first-order valence-electron chi connectivity index (χ1n) is 4.20. The Bertz CT molecular complexity index is 454. The zero-order valence-corrected chi connectivity index (χ0v) is 9.24. The molecule has 0 aromatic heterocycles. The van der Waals surface area contributed by atoms with Crippen LogP contribution in [0.15, 0.2) is 42.7 Å². The van der Waals surface area contributed by atoms with Crippen LogP contribution in [-0.4, -0.2) is 0 Å². The molecule has 0 saturated carbocycles. The van der Waals surface area contributed by atoms with Crippen LogP contribution in [-0.2, 0) is 13.6 Å². The van der Waals surface area contributed by atoms with E-state index in [-0.39, 0.29) is 0 Å². The van der Waals surface area contributed by atoms with Crippen LogP contribution >= 0.6 is 19.9 Å². The molecule has 0 fully saturated rings. The third-order valence-electron chi connectivity index (χ3n) is 1.76. The summed E-state index contributed by atoms with van der Waals surface area (Å²) in [7, 11) is -2.14. The quantitative estimate of drug-likeness (QED) is 0.700. The largest absolute Gasteiger partial charge is 0.804 e. The van der Waals surface area contributed by atoms with Crippen molar-refractivity contribution in [1.29, 1.82) is 0 Å². The van der Waals surface area contributed by atoms with Crippen molar-refractivity contribution in [1.82, 2.24) is 0 Å². The fraction of sp³-hybridized carbons (Fsp3) is 0. The second kappa shape index (κ2) is 4.47. The van der Waals surface area contributed by atoms with Gasteiger partial charge in [-0.15, -0.1) is 0 Å². The molecule has 0 saturated heterocycles. The van der Waals surface area contributed by atoms with Crippen molar-refractivity contribution in [2.24, 2.45) is 0 Å². The molecule has 0 radical (unpaired) electrons. The topological polar surface area (TPSA) is 35.5 Å². The van der Waals surface area contributed by atoms with Gasteiger partial charge in [0.25, 0.3) is 0 Å². The van der Waals surface area contributed by atoms with E-state index in [2.05, 4.69) is 0 Å². The van der Waals surface area contributed by atoms with E-state index in [0.29, 0.717) is 10.8 Å². The Labute approximate surface area is 92.9 Å². The fourth-order valence-electron chi connectivity index (χ4n) is 1.13. The second-order valence-electron chi connectivity index (χ2n) is 2.79. The van der Waals surface area contributed by atoms with E-state index in [1.807, 2.05) is 6.07 Å². The fourth-order valence-corrected chi connectivity index (χ4v) is 1.86. The van der Waals surface area contributed by atoms with E-state index in [9.17, 15) is 4.57 Å². The molecule has 1 aromatic carbocycles. The number of benzene rings is 1. The molecule has 1 aromatic rings. The molecule has 0 bridgehead atoms. The minimum Gasteiger partial charge on any atom is -0.230 e. The number of hydrogen-bond acceptors (Lipinski definition) is 3. The highest BCUT2D eigenvalue weighted by atomic mass is 35.5. The summed E-state index contributed by atoms with van der Waals surface area (Å²) in [6.45, 7) is 0. The Hall–Kier alpha value is -1.31. The van der Waals surface area contributed by atoms with E-state index in [4.69, 9.17) is 20.6 Å². The number of allylic oxidation sites excluding steroid dienone is 2. The van der Waals surface area contributed by atoms with Crippen LogP contribution in [0.2, 0.25) is 5.02 Å². The third kappa shape index (κ3) is 2.58. The lowest BCUT2D eigenvalue weighted by Gasteiger charge is -1.98. The van der Waals surface area contributed by atoms with E-state index in [1.54, 1.807) is 30.4 Å². The first-order valence-corrected chi connectivity index (χ1v) is 5.68. The SMILES string of the molecule is O=[P+]1OC=CC=C(c2cccc(Cl)c2)O1. The average molecular weight is 242 g/mol. The first kappa shape index (κ1) is 10.2. The molecule has 0 amide bonds. The number of halogens is 1. The van der Waals surface area contributed by atoms with Crippen LogP contribution in [0.1, 0.15) is 5.56 Å². The van der Waals surface area contributed by atoms with Gasteiger partial charge in [0, 0.05) is 15.2 Å². The molecule has 0 N–H and O–H groups in total. The molecule has 1 aliphatic heterocycles. The summed E-state index contributed by atoms with van der Waals surface area (Å²) in [5, 5.41) is 0.598. The van der Waals surface area contributed by atoms with Crippen LogP contribution in [0.4, 0.5) is 0 Å². The van der Waals surface area contributed by atoms with Gasteiger partial charge in [-0.3, -0.25) is 0 Å². The first-order chi connectivity index (χ1) is 7.25. The lowest BCUT2D eigenvalue weighted by molar-refractivity contribution is 0.372. The molecule has 15 heavy (non-hydrogen) atoms. The summed E-state index contributed by atoms with van der Waals surface area (Å²) in [5.74, 6) is 0.479. The van der Waals surface area contributed by atoms with Gasteiger partial charge in [-0.1, -0.05) is 23.7 Å². The summed E-state index contributed by atoms with van der Waals surface area (Å²) in [6, 6.07) is 7.11. The van der Waals surface area contributed by atoms with Gasteiger partial charge in [-0.05, 0) is 24.3 Å². The molecule has 1 heterocycles. The molecule has 76 valence electrons. The van der Waals surface area contributed by atoms with Crippen molar-refractivity contribution >= 4 is 25.6 Å². The average Bonchev–Trinajstić information content (AvgIpc) is 2.43. The van der Waals surface area contributed by atoms with Gasteiger partial charge < -0.3 is 0 Å². The Balaban J connectivity index is 2.34. The Morgan fingerprint density at radius 2 is 2.20 bits per heavy atom. The van der Waals surface area contributed by atoms with Crippen molar-refractivity contribution in [3.8, 4) is 0 Å². The molecule has 0 spiro atoms. The van der Waals surface area contributed by atoms with Gasteiger partial charge in [0.2, 0.25) is 0 Å².